The predicted molar refractivity (Wildman–Crippen MR) is 123 cm³/mol. The van der Waals surface area contributed by atoms with Gasteiger partial charge in [-0.1, -0.05) is 35.9 Å². The zero-order chi connectivity index (χ0) is 18.9. The number of hydrogen-bond donors (Lipinski definition) is 3. The normalized spacial score (nSPS) is 10.7. The molecule has 3 N–H and O–H groups in total. The molecule has 2 aromatic carbocycles. The number of benzene rings is 2. The Morgan fingerprint density at radius 3 is 2.52 bits per heavy atom. The molecule has 0 heterocycles. The maximum Gasteiger partial charge on any atom is 0.251 e. The molecular formula is C21H29IN4O. The van der Waals surface area contributed by atoms with Crippen LogP contribution in [0.15, 0.2) is 47.5 Å². The number of hydrogen-bond acceptors (Lipinski definition) is 2. The SMILES string of the molecule is CCNC(=NCc1cccc(C(=O)NC)c1)NCc1ccc(C)cc1C.I. The van der Waals surface area contributed by atoms with Gasteiger partial charge in [0.2, 0.25) is 0 Å². The van der Waals surface area contributed by atoms with Crippen molar-refractivity contribution < 1.29 is 4.79 Å². The van der Waals surface area contributed by atoms with Crippen LogP contribution in [0.4, 0.5) is 0 Å². The predicted octanol–water partition coefficient (Wildman–Crippen LogP) is 3.54. The van der Waals surface area contributed by atoms with Crippen LogP contribution < -0.4 is 16.0 Å². The third kappa shape index (κ3) is 7.21. The molecule has 0 atom stereocenters. The Morgan fingerprint density at radius 2 is 1.85 bits per heavy atom. The quantitative estimate of drug-likeness (QED) is 0.337. The van der Waals surface area contributed by atoms with E-state index in [-0.39, 0.29) is 29.9 Å². The van der Waals surface area contributed by atoms with Crippen molar-refractivity contribution in [1.29, 1.82) is 0 Å². The number of aryl methyl sites for hydroxylation is 2. The third-order valence-electron chi connectivity index (χ3n) is 4.12. The highest BCUT2D eigenvalue weighted by molar-refractivity contribution is 14.0. The van der Waals surface area contributed by atoms with Crippen molar-refractivity contribution in [1.82, 2.24) is 16.0 Å². The number of nitrogens with one attached hydrogen (secondary N) is 3. The smallest absolute Gasteiger partial charge is 0.251 e. The maximum absolute atomic E-state index is 11.7. The van der Waals surface area contributed by atoms with Gasteiger partial charge in [-0.05, 0) is 49.6 Å². The molecule has 146 valence electrons. The van der Waals surface area contributed by atoms with Gasteiger partial charge in [0.05, 0.1) is 6.54 Å². The van der Waals surface area contributed by atoms with Gasteiger partial charge in [0.15, 0.2) is 5.96 Å². The summed E-state index contributed by atoms with van der Waals surface area (Å²) in [6.45, 7) is 8.28. The molecule has 1 amide bonds. The fourth-order valence-corrected chi connectivity index (χ4v) is 2.69. The van der Waals surface area contributed by atoms with Crippen LogP contribution in [0.2, 0.25) is 0 Å². The van der Waals surface area contributed by atoms with Crippen molar-refractivity contribution >= 4 is 35.8 Å². The maximum atomic E-state index is 11.7. The molecule has 0 aliphatic heterocycles. The first-order valence-corrected chi connectivity index (χ1v) is 8.92. The molecule has 0 aliphatic rings. The van der Waals surface area contributed by atoms with Crippen LogP contribution in [0.25, 0.3) is 0 Å². The Kier molecular flexibility index (Phi) is 9.85. The average Bonchev–Trinajstić information content (AvgIpc) is 2.64. The van der Waals surface area contributed by atoms with Gasteiger partial charge in [-0.2, -0.15) is 0 Å². The van der Waals surface area contributed by atoms with Gasteiger partial charge in [0.1, 0.15) is 0 Å². The summed E-state index contributed by atoms with van der Waals surface area (Å²) in [6, 6.07) is 14.0. The fraction of sp³-hybridized carbons (Fsp3) is 0.333. The summed E-state index contributed by atoms with van der Waals surface area (Å²) in [4.78, 5) is 16.4. The lowest BCUT2D eigenvalue weighted by molar-refractivity contribution is 0.0963. The Bertz CT molecular complexity index is 790. The first kappa shape index (κ1) is 23.0. The second-order valence-electron chi connectivity index (χ2n) is 6.26. The molecule has 0 aromatic heterocycles. The second-order valence-corrected chi connectivity index (χ2v) is 6.26. The van der Waals surface area contributed by atoms with E-state index in [9.17, 15) is 4.79 Å². The molecule has 0 spiro atoms. The highest BCUT2D eigenvalue weighted by Gasteiger charge is 2.05. The molecule has 2 rings (SSSR count). The van der Waals surface area contributed by atoms with Crippen molar-refractivity contribution in [2.24, 2.45) is 4.99 Å². The highest BCUT2D eigenvalue weighted by atomic mass is 127. The van der Waals surface area contributed by atoms with Crippen LogP contribution in [-0.2, 0) is 13.1 Å². The number of aliphatic imine (C=N–C) groups is 1. The van der Waals surface area contributed by atoms with Crippen LogP contribution in [0.3, 0.4) is 0 Å². The minimum Gasteiger partial charge on any atom is -0.357 e. The van der Waals surface area contributed by atoms with Crippen LogP contribution in [0, 0.1) is 13.8 Å². The summed E-state index contributed by atoms with van der Waals surface area (Å²) in [5.41, 5.74) is 5.43. The third-order valence-corrected chi connectivity index (χ3v) is 4.12. The van der Waals surface area contributed by atoms with Gasteiger partial charge in [-0.3, -0.25) is 4.79 Å². The van der Waals surface area contributed by atoms with E-state index in [0.29, 0.717) is 12.1 Å². The summed E-state index contributed by atoms with van der Waals surface area (Å²) in [6.07, 6.45) is 0. The number of carbonyl (C=O) groups is 1. The molecule has 27 heavy (non-hydrogen) atoms. The molecule has 0 unspecified atom stereocenters. The van der Waals surface area contributed by atoms with Crippen LogP contribution in [-0.4, -0.2) is 25.5 Å². The Hall–Kier alpha value is -2.09. The molecule has 2 aromatic rings. The Morgan fingerprint density at radius 1 is 1.07 bits per heavy atom. The molecular weight excluding hydrogens is 451 g/mol. The molecule has 0 saturated carbocycles. The zero-order valence-electron chi connectivity index (χ0n) is 16.4. The largest absolute Gasteiger partial charge is 0.357 e. The van der Waals surface area contributed by atoms with Crippen molar-refractivity contribution in [2.75, 3.05) is 13.6 Å². The summed E-state index contributed by atoms with van der Waals surface area (Å²) < 4.78 is 0. The molecule has 0 bridgehead atoms. The van der Waals surface area contributed by atoms with Gasteiger partial charge < -0.3 is 16.0 Å². The van der Waals surface area contributed by atoms with E-state index >= 15 is 0 Å². The summed E-state index contributed by atoms with van der Waals surface area (Å²) in [5.74, 6) is 0.675. The summed E-state index contributed by atoms with van der Waals surface area (Å²) >= 11 is 0. The first-order valence-electron chi connectivity index (χ1n) is 8.92. The van der Waals surface area contributed by atoms with E-state index in [4.69, 9.17) is 0 Å². The van der Waals surface area contributed by atoms with Crippen LogP contribution >= 0.6 is 24.0 Å². The van der Waals surface area contributed by atoms with Crippen LogP contribution in [0.1, 0.15) is 39.5 Å². The Balaban J connectivity index is 0.00000364. The second kappa shape index (κ2) is 11.6. The average molecular weight is 480 g/mol. The van der Waals surface area contributed by atoms with Crippen LogP contribution in [0.5, 0.6) is 0 Å². The number of nitrogens with zero attached hydrogens (tertiary/aromatic N) is 1. The monoisotopic (exact) mass is 480 g/mol. The van der Waals surface area contributed by atoms with Crippen molar-refractivity contribution in [3.63, 3.8) is 0 Å². The summed E-state index contributed by atoms with van der Waals surface area (Å²) in [7, 11) is 1.63. The minimum atomic E-state index is -0.0873. The number of carbonyl (C=O) groups excluding carboxylic acids is 1. The van der Waals surface area contributed by atoms with Gasteiger partial charge in [0.25, 0.3) is 5.91 Å². The first-order chi connectivity index (χ1) is 12.5. The molecule has 5 nitrogen and oxygen atoms in total. The number of halogens is 1. The van der Waals surface area contributed by atoms with Gasteiger partial charge in [-0.25, -0.2) is 4.99 Å². The van der Waals surface area contributed by atoms with Crippen molar-refractivity contribution in [2.45, 2.75) is 33.9 Å². The molecule has 0 radical (unpaired) electrons. The van der Waals surface area contributed by atoms with E-state index < -0.39 is 0 Å². The van der Waals surface area contributed by atoms with E-state index in [0.717, 1.165) is 24.6 Å². The molecule has 0 aliphatic carbocycles. The number of amides is 1. The van der Waals surface area contributed by atoms with Crippen molar-refractivity contribution in [3.05, 3.63) is 70.3 Å². The van der Waals surface area contributed by atoms with Crippen molar-refractivity contribution in [3.8, 4) is 0 Å². The van der Waals surface area contributed by atoms with E-state index in [1.165, 1.54) is 16.7 Å². The minimum absolute atomic E-state index is 0. The molecule has 0 saturated heterocycles. The summed E-state index contributed by atoms with van der Waals surface area (Å²) in [5, 5.41) is 9.28. The standard InChI is InChI=1S/C21H28N4O.HI/c1-5-23-21(25-14-19-10-9-15(2)11-16(19)3)24-13-17-7-6-8-18(12-17)20(26)22-4;/h6-12H,5,13-14H2,1-4H3,(H,22,26)(H2,23,24,25);1H. The van der Waals surface area contributed by atoms with E-state index in [2.05, 4.69) is 53.0 Å². The lowest BCUT2D eigenvalue weighted by atomic mass is 10.1. The van der Waals surface area contributed by atoms with Gasteiger partial charge >= 0.3 is 0 Å². The lowest BCUT2D eigenvalue weighted by Gasteiger charge is -2.13. The number of rotatable bonds is 6. The lowest BCUT2D eigenvalue weighted by Crippen LogP contribution is -2.36. The van der Waals surface area contributed by atoms with Gasteiger partial charge in [0, 0.05) is 25.7 Å². The molecule has 0 fully saturated rings. The van der Waals surface area contributed by atoms with E-state index in [1.54, 1.807) is 13.1 Å². The number of guanidine groups is 1. The zero-order valence-corrected chi connectivity index (χ0v) is 18.8. The Labute approximate surface area is 179 Å². The topological polar surface area (TPSA) is 65.5 Å². The van der Waals surface area contributed by atoms with Gasteiger partial charge in [-0.15, -0.1) is 24.0 Å². The fourth-order valence-electron chi connectivity index (χ4n) is 2.69. The highest BCUT2D eigenvalue weighted by Crippen LogP contribution is 2.10. The van der Waals surface area contributed by atoms with E-state index in [1.807, 2.05) is 25.1 Å². The molecule has 6 heteroatoms.